The highest BCUT2D eigenvalue weighted by Gasteiger charge is 2.36. The number of piperidine rings is 1. The predicted octanol–water partition coefficient (Wildman–Crippen LogP) is 1.62. The Morgan fingerprint density at radius 2 is 2.00 bits per heavy atom. The molecule has 0 radical (unpaired) electrons. The molecule has 0 saturated carbocycles. The molecule has 1 amide bonds. The second kappa shape index (κ2) is 6.12. The van der Waals surface area contributed by atoms with E-state index in [-0.39, 0.29) is 11.9 Å². The lowest BCUT2D eigenvalue weighted by Gasteiger charge is -2.32. The molecule has 0 spiro atoms. The molecule has 6 nitrogen and oxygen atoms in total. The van der Waals surface area contributed by atoms with Crippen molar-refractivity contribution in [2.45, 2.75) is 37.8 Å². The van der Waals surface area contributed by atoms with Crippen molar-refractivity contribution in [2.75, 3.05) is 13.1 Å². The van der Waals surface area contributed by atoms with Gasteiger partial charge < -0.3 is 5.32 Å². The molecular formula is C17H21N5O. The Morgan fingerprint density at radius 1 is 1.13 bits per heavy atom. The van der Waals surface area contributed by atoms with Crippen molar-refractivity contribution >= 4 is 5.91 Å². The third-order valence-electron chi connectivity index (χ3n) is 4.99. The minimum absolute atomic E-state index is 0.0209. The number of carbonyl (C=O) groups is 1. The summed E-state index contributed by atoms with van der Waals surface area (Å²) < 4.78 is 1.68. The van der Waals surface area contributed by atoms with Crippen molar-refractivity contribution < 1.29 is 4.79 Å². The molecule has 2 aliphatic rings. The Balaban J connectivity index is 1.43. The van der Waals surface area contributed by atoms with Crippen molar-refractivity contribution in [3.8, 4) is 5.69 Å². The van der Waals surface area contributed by atoms with Crippen LogP contribution in [-0.4, -0.2) is 50.7 Å². The number of hydrogen-bond acceptors (Lipinski definition) is 4. The van der Waals surface area contributed by atoms with E-state index in [1.807, 2.05) is 24.3 Å². The van der Waals surface area contributed by atoms with Gasteiger partial charge in [-0.05, 0) is 50.1 Å². The van der Waals surface area contributed by atoms with Crippen LogP contribution in [0.3, 0.4) is 0 Å². The summed E-state index contributed by atoms with van der Waals surface area (Å²) in [5, 5.41) is 7.32. The van der Waals surface area contributed by atoms with Crippen molar-refractivity contribution in [3.05, 3.63) is 42.5 Å². The van der Waals surface area contributed by atoms with Gasteiger partial charge in [-0.3, -0.25) is 9.69 Å². The van der Waals surface area contributed by atoms with Crippen molar-refractivity contribution in [3.63, 3.8) is 0 Å². The average molecular weight is 311 g/mol. The third kappa shape index (κ3) is 2.86. The van der Waals surface area contributed by atoms with Gasteiger partial charge in [0.2, 0.25) is 0 Å². The maximum absolute atomic E-state index is 12.5. The van der Waals surface area contributed by atoms with Crippen LogP contribution in [-0.2, 0) is 0 Å². The minimum Gasteiger partial charge on any atom is -0.348 e. The number of rotatable bonds is 3. The number of fused-ring (bicyclic) bond motifs is 1. The average Bonchev–Trinajstić information content (AvgIpc) is 3.25. The Kier molecular flexibility index (Phi) is 3.83. The summed E-state index contributed by atoms with van der Waals surface area (Å²) in [5.41, 5.74) is 1.60. The zero-order valence-electron chi connectivity index (χ0n) is 13.1. The summed E-state index contributed by atoms with van der Waals surface area (Å²) in [5.74, 6) is 0.0209. The second-order valence-corrected chi connectivity index (χ2v) is 6.35. The fraction of sp³-hybridized carbons (Fsp3) is 0.471. The molecule has 0 unspecified atom stereocenters. The lowest BCUT2D eigenvalue weighted by molar-refractivity contribution is 0.0915. The minimum atomic E-state index is 0.0209. The summed E-state index contributed by atoms with van der Waals surface area (Å²) in [7, 11) is 0. The zero-order chi connectivity index (χ0) is 15.6. The van der Waals surface area contributed by atoms with Gasteiger partial charge >= 0.3 is 0 Å². The molecule has 0 bridgehead atoms. The lowest BCUT2D eigenvalue weighted by atomic mass is 9.99. The quantitative estimate of drug-likeness (QED) is 0.936. The van der Waals surface area contributed by atoms with Crippen molar-refractivity contribution in [1.82, 2.24) is 25.0 Å². The normalized spacial score (nSPS) is 24.3. The highest BCUT2D eigenvalue weighted by Crippen LogP contribution is 2.27. The Morgan fingerprint density at radius 3 is 2.78 bits per heavy atom. The van der Waals surface area contributed by atoms with Gasteiger partial charge in [0.05, 0.1) is 5.69 Å². The molecule has 1 aromatic heterocycles. The van der Waals surface area contributed by atoms with E-state index in [4.69, 9.17) is 0 Å². The summed E-state index contributed by atoms with van der Waals surface area (Å²) in [6, 6.07) is 8.30. The van der Waals surface area contributed by atoms with Crippen LogP contribution in [0.2, 0.25) is 0 Å². The Hall–Kier alpha value is -2.21. The van der Waals surface area contributed by atoms with Gasteiger partial charge in [-0.2, -0.15) is 5.10 Å². The van der Waals surface area contributed by atoms with Crippen molar-refractivity contribution in [1.29, 1.82) is 0 Å². The Labute approximate surface area is 135 Å². The fourth-order valence-electron chi connectivity index (χ4n) is 3.77. The van der Waals surface area contributed by atoms with E-state index in [0.29, 0.717) is 11.6 Å². The topological polar surface area (TPSA) is 63.1 Å². The molecule has 3 heterocycles. The summed E-state index contributed by atoms with van der Waals surface area (Å²) >= 11 is 0. The molecule has 2 atom stereocenters. The van der Waals surface area contributed by atoms with Gasteiger partial charge in [-0.15, -0.1) is 0 Å². The molecule has 4 rings (SSSR count). The molecule has 23 heavy (non-hydrogen) atoms. The SMILES string of the molecule is O=C(N[C@H]1CCN2CCCC[C@@H]12)c1ccc(-n2cncn2)cc1. The van der Waals surface area contributed by atoms with E-state index >= 15 is 0 Å². The number of carbonyl (C=O) groups excluding carboxylic acids is 1. The first-order valence-corrected chi connectivity index (χ1v) is 8.31. The highest BCUT2D eigenvalue weighted by molar-refractivity contribution is 5.94. The zero-order valence-corrected chi connectivity index (χ0v) is 13.1. The number of nitrogens with one attached hydrogen (secondary N) is 1. The van der Waals surface area contributed by atoms with Gasteiger partial charge in [-0.1, -0.05) is 6.42 Å². The van der Waals surface area contributed by atoms with Crippen LogP contribution in [0.5, 0.6) is 0 Å². The van der Waals surface area contributed by atoms with E-state index in [1.54, 1.807) is 11.0 Å². The van der Waals surface area contributed by atoms with Crippen LogP contribution in [0.1, 0.15) is 36.0 Å². The number of amides is 1. The second-order valence-electron chi connectivity index (χ2n) is 6.35. The van der Waals surface area contributed by atoms with Crippen LogP contribution in [0.15, 0.2) is 36.9 Å². The Bertz CT molecular complexity index is 667. The van der Waals surface area contributed by atoms with Gasteiger partial charge in [-0.25, -0.2) is 9.67 Å². The smallest absolute Gasteiger partial charge is 0.251 e. The van der Waals surface area contributed by atoms with E-state index < -0.39 is 0 Å². The molecular weight excluding hydrogens is 290 g/mol. The van der Waals surface area contributed by atoms with E-state index in [9.17, 15) is 4.79 Å². The summed E-state index contributed by atoms with van der Waals surface area (Å²) in [4.78, 5) is 19.0. The summed E-state index contributed by atoms with van der Waals surface area (Å²) in [6.45, 7) is 2.30. The van der Waals surface area contributed by atoms with Gasteiger partial charge in [0.25, 0.3) is 5.91 Å². The molecule has 2 saturated heterocycles. The number of aromatic nitrogens is 3. The fourth-order valence-corrected chi connectivity index (χ4v) is 3.77. The highest BCUT2D eigenvalue weighted by atomic mass is 16.1. The van der Waals surface area contributed by atoms with Crippen LogP contribution >= 0.6 is 0 Å². The van der Waals surface area contributed by atoms with Crippen LogP contribution < -0.4 is 5.32 Å². The molecule has 2 aliphatic heterocycles. The molecule has 6 heteroatoms. The standard InChI is InChI=1S/C17H21N5O/c23-17(20-15-8-10-21-9-2-1-3-16(15)21)13-4-6-14(7-5-13)22-12-18-11-19-22/h4-7,11-12,15-16H,1-3,8-10H2,(H,20,23)/t15-,16-/m0/s1. The van der Waals surface area contributed by atoms with Crippen LogP contribution in [0, 0.1) is 0 Å². The number of nitrogens with zero attached hydrogens (tertiary/aromatic N) is 4. The van der Waals surface area contributed by atoms with E-state index in [0.717, 1.165) is 18.7 Å². The van der Waals surface area contributed by atoms with E-state index in [2.05, 4.69) is 20.3 Å². The molecule has 0 aliphatic carbocycles. The number of benzene rings is 1. The summed E-state index contributed by atoms with van der Waals surface area (Å²) in [6.07, 6.45) is 7.98. The first kappa shape index (κ1) is 14.4. The molecule has 2 fully saturated rings. The molecule has 120 valence electrons. The van der Waals surface area contributed by atoms with Gasteiger partial charge in [0.15, 0.2) is 0 Å². The molecule has 2 aromatic rings. The lowest BCUT2D eigenvalue weighted by Crippen LogP contribution is -2.46. The van der Waals surface area contributed by atoms with Crippen LogP contribution in [0.25, 0.3) is 5.69 Å². The monoisotopic (exact) mass is 311 g/mol. The molecule has 1 N–H and O–H groups in total. The molecule has 1 aromatic carbocycles. The van der Waals surface area contributed by atoms with Gasteiger partial charge in [0.1, 0.15) is 12.7 Å². The predicted molar refractivity (Wildman–Crippen MR) is 86.4 cm³/mol. The van der Waals surface area contributed by atoms with Crippen LogP contribution in [0.4, 0.5) is 0 Å². The van der Waals surface area contributed by atoms with Gasteiger partial charge in [0, 0.05) is 24.2 Å². The number of hydrogen-bond donors (Lipinski definition) is 1. The maximum Gasteiger partial charge on any atom is 0.251 e. The largest absolute Gasteiger partial charge is 0.348 e. The maximum atomic E-state index is 12.5. The third-order valence-corrected chi connectivity index (χ3v) is 4.99. The first-order valence-electron chi connectivity index (χ1n) is 8.31. The first-order chi connectivity index (χ1) is 11.3. The van der Waals surface area contributed by atoms with Crippen molar-refractivity contribution in [2.24, 2.45) is 0 Å². The van der Waals surface area contributed by atoms with E-state index in [1.165, 1.54) is 32.1 Å².